The van der Waals surface area contributed by atoms with Crippen LogP contribution in [0.3, 0.4) is 0 Å². The predicted molar refractivity (Wildman–Crippen MR) is 58.3 cm³/mol. The highest BCUT2D eigenvalue weighted by Crippen LogP contribution is 2.32. The lowest BCUT2D eigenvalue weighted by Gasteiger charge is -2.38. The second-order valence-corrected chi connectivity index (χ2v) is 3.95. The fourth-order valence-electron chi connectivity index (χ4n) is 1.78. The minimum absolute atomic E-state index is 0.211. The van der Waals surface area contributed by atoms with E-state index in [-0.39, 0.29) is 11.3 Å². The molecule has 17 heavy (non-hydrogen) atoms. The van der Waals surface area contributed by atoms with E-state index in [1.54, 1.807) is 12.1 Å². The zero-order chi connectivity index (χ0) is 12.6. The van der Waals surface area contributed by atoms with E-state index in [0.717, 1.165) is 4.90 Å². The van der Waals surface area contributed by atoms with Gasteiger partial charge in [0.15, 0.2) is 5.75 Å². The van der Waals surface area contributed by atoms with Crippen molar-refractivity contribution in [1.82, 2.24) is 4.90 Å². The molecule has 1 aromatic rings. The van der Waals surface area contributed by atoms with Gasteiger partial charge in [0.05, 0.1) is 31.5 Å². The lowest BCUT2D eigenvalue weighted by atomic mass is 10.1. The molecule has 0 unspecified atom stereocenters. The first kappa shape index (κ1) is 11.6. The highest BCUT2D eigenvalue weighted by molar-refractivity contribution is 5.99. The summed E-state index contributed by atoms with van der Waals surface area (Å²) in [4.78, 5) is 13.0. The summed E-state index contributed by atoms with van der Waals surface area (Å²) in [6.07, 6.45) is 0. The molecule has 2 N–H and O–H groups in total. The molecule has 0 saturated carbocycles. The number of carbonyl (C=O) groups excluding carboxylic acids is 1. The van der Waals surface area contributed by atoms with Crippen LogP contribution in [0.5, 0.6) is 5.75 Å². The number of halogens is 2. The monoisotopic (exact) mass is 242 g/mol. The second-order valence-electron chi connectivity index (χ2n) is 3.95. The van der Waals surface area contributed by atoms with Gasteiger partial charge in [-0.25, -0.2) is 8.78 Å². The number of hydrogen-bond donors (Lipinski definition) is 1. The van der Waals surface area contributed by atoms with Gasteiger partial charge in [0.2, 0.25) is 0 Å². The number of anilines is 1. The summed E-state index contributed by atoms with van der Waals surface area (Å²) in [5, 5.41) is 0. The maximum absolute atomic E-state index is 12.7. The summed E-state index contributed by atoms with van der Waals surface area (Å²) in [5.74, 6) is -3.03. The van der Waals surface area contributed by atoms with E-state index in [1.807, 2.05) is 0 Å². The van der Waals surface area contributed by atoms with Crippen LogP contribution in [0.25, 0.3) is 0 Å². The first-order valence-corrected chi connectivity index (χ1v) is 5.04. The van der Waals surface area contributed by atoms with E-state index in [2.05, 4.69) is 0 Å². The van der Waals surface area contributed by atoms with Gasteiger partial charge in [-0.15, -0.1) is 0 Å². The maximum atomic E-state index is 12.7. The molecule has 0 aliphatic carbocycles. The molecule has 6 heteroatoms. The topological polar surface area (TPSA) is 55.6 Å². The minimum atomic E-state index is -2.77. The van der Waals surface area contributed by atoms with E-state index in [4.69, 9.17) is 10.5 Å². The Morgan fingerprint density at radius 2 is 2.12 bits per heavy atom. The largest absolute Gasteiger partial charge is 0.494 e. The van der Waals surface area contributed by atoms with Crippen LogP contribution in [-0.4, -0.2) is 36.9 Å². The first-order valence-electron chi connectivity index (χ1n) is 5.04. The van der Waals surface area contributed by atoms with Crippen molar-refractivity contribution in [3.05, 3.63) is 23.8 Å². The molecule has 1 amide bonds. The zero-order valence-corrected chi connectivity index (χ0v) is 9.24. The Balaban J connectivity index is 2.23. The number of amides is 1. The van der Waals surface area contributed by atoms with Crippen LogP contribution in [-0.2, 0) is 0 Å². The zero-order valence-electron chi connectivity index (χ0n) is 9.24. The van der Waals surface area contributed by atoms with Crippen molar-refractivity contribution in [1.29, 1.82) is 0 Å². The molecule has 4 nitrogen and oxygen atoms in total. The fraction of sp³-hybridized carbons (Fsp3) is 0.364. The van der Waals surface area contributed by atoms with Crippen molar-refractivity contribution < 1.29 is 18.3 Å². The van der Waals surface area contributed by atoms with Crippen LogP contribution in [0.1, 0.15) is 10.4 Å². The van der Waals surface area contributed by atoms with Gasteiger partial charge >= 0.3 is 0 Å². The SMILES string of the molecule is COc1c(N)cccc1C(=O)N1CC(F)(F)C1. The van der Waals surface area contributed by atoms with Gasteiger partial charge < -0.3 is 15.4 Å². The van der Waals surface area contributed by atoms with Gasteiger partial charge in [0.1, 0.15) is 0 Å². The van der Waals surface area contributed by atoms with Crippen LogP contribution in [0.4, 0.5) is 14.5 Å². The third-order valence-corrected chi connectivity index (χ3v) is 2.61. The van der Waals surface area contributed by atoms with Crippen LogP contribution >= 0.6 is 0 Å². The molecule has 1 saturated heterocycles. The standard InChI is InChI=1S/C11H12F2N2O2/c1-17-9-7(3-2-4-8(9)14)10(16)15-5-11(12,13)6-15/h2-4H,5-6,14H2,1H3. The summed E-state index contributed by atoms with van der Waals surface area (Å²) in [6, 6.07) is 4.68. The molecule has 0 radical (unpaired) electrons. The number of para-hydroxylation sites is 1. The Hall–Kier alpha value is -1.85. The van der Waals surface area contributed by atoms with Gasteiger partial charge in [-0.1, -0.05) is 6.07 Å². The van der Waals surface area contributed by atoms with Gasteiger partial charge in [-0.2, -0.15) is 0 Å². The highest BCUT2D eigenvalue weighted by Gasteiger charge is 2.46. The van der Waals surface area contributed by atoms with E-state index >= 15 is 0 Å². The Morgan fingerprint density at radius 3 is 2.65 bits per heavy atom. The number of ether oxygens (including phenoxy) is 1. The second kappa shape index (κ2) is 3.87. The number of nitrogens with zero attached hydrogens (tertiary/aromatic N) is 1. The number of alkyl halides is 2. The lowest BCUT2D eigenvalue weighted by Crippen LogP contribution is -2.58. The number of nitrogens with two attached hydrogens (primary N) is 1. The predicted octanol–water partition coefficient (Wildman–Crippen LogP) is 1.37. The van der Waals surface area contributed by atoms with Crippen LogP contribution in [0.2, 0.25) is 0 Å². The summed E-state index contributed by atoms with van der Waals surface area (Å²) >= 11 is 0. The van der Waals surface area contributed by atoms with Crippen molar-refractivity contribution >= 4 is 11.6 Å². The quantitative estimate of drug-likeness (QED) is 0.797. The van der Waals surface area contributed by atoms with Crippen molar-refractivity contribution in [3.8, 4) is 5.75 Å². The number of methoxy groups -OCH3 is 1. The summed E-state index contributed by atoms with van der Waals surface area (Å²) in [5.41, 5.74) is 6.16. The molecule has 0 spiro atoms. The smallest absolute Gasteiger partial charge is 0.282 e. The fourth-order valence-corrected chi connectivity index (χ4v) is 1.78. The molecule has 1 aliphatic rings. The summed E-state index contributed by atoms with van der Waals surface area (Å²) in [6.45, 7) is -1.10. The van der Waals surface area contributed by atoms with E-state index in [0.29, 0.717) is 5.69 Å². The normalized spacial score (nSPS) is 17.5. The summed E-state index contributed by atoms with van der Waals surface area (Å²) < 4.78 is 30.4. The molecule has 2 rings (SSSR count). The van der Waals surface area contributed by atoms with Crippen molar-refractivity contribution in [2.75, 3.05) is 25.9 Å². The average Bonchev–Trinajstić information content (AvgIpc) is 2.24. The number of carbonyl (C=O) groups is 1. The number of nitrogen functional groups attached to an aromatic ring is 1. The van der Waals surface area contributed by atoms with E-state index in [1.165, 1.54) is 13.2 Å². The Kier molecular flexibility index (Phi) is 2.65. The van der Waals surface area contributed by atoms with Crippen molar-refractivity contribution in [2.24, 2.45) is 0 Å². The molecule has 0 bridgehead atoms. The van der Waals surface area contributed by atoms with Crippen LogP contribution in [0.15, 0.2) is 18.2 Å². The van der Waals surface area contributed by atoms with Crippen molar-refractivity contribution in [2.45, 2.75) is 5.92 Å². The molecule has 1 fully saturated rings. The van der Waals surface area contributed by atoms with Crippen LogP contribution < -0.4 is 10.5 Å². The van der Waals surface area contributed by atoms with Crippen LogP contribution in [0, 0.1) is 0 Å². The van der Waals surface area contributed by atoms with Gasteiger partial charge in [-0.3, -0.25) is 4.79 Å². The molecule has 0 atom stereocenters. The number of likely N-dealkylation sites (tertiary alicyclic amines) is 1. The maximum Gasteiger partial charge on any atom is 0.282 e. The van der Waals surface area contributed by atoms with Crippen molar-refractivity contribution in [3.63, 3.8) is 0 Å². The number of rotatable bonds is 2. The highest BCUT2D eigenvalue weighted by atomic mass is 19.3. The Labute approximate surface area is 97.0 Å². The molecule has 0 aromatic heterocycles. The molecule has 92 valence electrons. The lowest BCUT2D eigenvalue weighted by molar-refractivity contribution is -0.113. The third-order valence-electron chi connectivity index (χ3n) is 2.61. The van der Waals surface area contributed by atoms with Gasteiger partial charge in [0.25, 0.3) is 11.8 Å². The molecule has 1 aromatic carbocycles. The number of hydrogen-bond acceptors (Lipinski definition) is 3. The van der Waals surface area contributed by atoms with E-state index in [9.17, 15) is 13.6 Å². The third kappa shape index (κ3) is 2.02. The molecule has 1 heterocycles. The first-order chi connectivity index (χ1) is 7.94. The number of benzene rings is 1. The Morgan fingerprint density at radius 1 is 1.47 bits per heavy atom. The Bertz CT molecular complexity index is 455. The molecule has 1 aliphatic heterocycles. The average molecular weight is 242 g/mol. The van der Waals surface area contributed by atoms with Gasteiger partial charge in [-0.05, 0) is 12.1 Å². The van der Waals surface area contributed by atoms with E-state index < -0.39 is 24.9 Å². The van der Waals surface area contributed by atoms with Gasteiger partial charge in [0, 0.05) is 0 Å². The molecular formula is C11H12F2N2O2. The molecular weight excluding hydrogens is 230 g/mol. The summed E-state index contributed by atoms with van der Waals surface area (Å²) in [7, 11) is 1.38. The minimum Gasteiger partial charge on any atom is -0.494 e.